The minimum atomic E-state index is -3.77. The van der Waals surface area contributed by atoms with Crippen molar-refractivity contribution in [1.29, 1.82) is 0 Å². The number of rotatable bonds is 6. The summed E-state index contributed by atoms with van der Waals surface area (Å²) in [5.74, 6) is -0.560. The van der Waals surface area contributed by atoms with Crippen molar-refractivity contribution in [2.24, 2.45) is 0 Å². The summed E-state index contributed by atoms with van der Waals surface area (Å²) in [7, 11) is -3.77. The zero-order valence-corrected chi connectivity index (χ0v) is 13.7. The molecule has 0 fully saturated rings. The minimum Gasteiger partial charge on any atom is -0.293 e. The third-order valence-electron chi connectivity index (χ3n) is 3.26. The molecule has 0 atom stereocenters. The Morgan fingerprint density at radius 3 is 2.38 bits per heavy atom. The lowest BCUT2D eigenvalue weighted by Crippen LogP contribution is -2.14. The highest BCUT2D eigenvalue weighted by molar-refractivity contribution is 7.95. The molecular weight excluding hydrogens is 330 g/mol. The largest absolute Gasteiger partial charge is 0.293 e. The minimum absolute atomic E-state index is 0.0608. The van der Waals surface area contributed by atoms with Gasteiger partial charge in [-0.15, -0.1) is 0 Å². The first-order valence-corrected chi connectivity index (χ1v) is 8.90. The number of nitro groups is 1. The monoisotopic (exact) mass is 345 g/mol. The van der Waals surface area contributed by atoms with E-state index in [9.17, 15) is 23.3 Å². The maximum Gasteiger partial charge on any atom is 0.270 e. The third kappa shape index (κ3) is 4.60. The van der Waals surface area contributed by atoms with Crippen LogP contribution in [0.5, 0.6) is 0 Å². The van der Waals surface area contributed by atoms with Crippen molar-refractivity contribution in [2.45, 2.75) is 6.42 Å². The number of sulfone groups is 1. The first-order chi connectivity index (χ1) is 11.3. The Hall–Kier alpha value is -2.80. The molecule has 0 saturated carbocycles. The van der Waals surface area contributed by atoms with Gasteiger partial charge >= 0.3 is 0 Å². The van der Waals surface area contributed by atoms with E-state index in [0.717, 1.165) is 6.26 Å². The number of benzene rings is 2. The molecule has 0 aliphatic carbocycles. The lowest BCUT2D eigenvalue weighted by Gasteiger charge is -2.05. The molecule has 0 amide bonds. The maximum absolute atomic E-state index is 12.4. The Morgan fingerprint density at radius 1 is 1.12 bits per heavy atom. The summed E-state index contributed by atoms with van der Waals surface area (Å²) in [5.41, 5.74) is 0.800. The van der Waals surface area contributed by atoms with Crippen LogP contribution < -0.4 is 0 Å². The highest BCUT2D eigenvalue weighted by Gasteiger charge is 2.21. The molecule has 6 nitrogen and oxygen atoms in total. The number of hydrogen-bond donors (Lipinski definition) is 0. The first kappa shape index (κ1) is 17.6. The van der Waals surface area contributed by atoms with Gasteiger partial charge in [-0.3, -0.25) is 14.9 Å². The second-order valence-corrected chi connectivity index (χ2v) is 7.20. The van der Waals surface area contributed by atoms with Crippen LogP contribution in [-0.2, 0) is 21.1 Å². The summed E-state index contributed by atoms with van der Waals surface area (Å²) in [5, 5.41) is 10.8. The van der Waals surface area contributed by atoms with E-state index >= 15 is 0 Å². The average Bonchev–Trinajstić information content (AvgIpc) is 2.52. The molecule has 7 heteroatoms. The van der Waals surface area contributed by atoms with Gasteiger partial charge in [-0.05, 0) is 17.2 Å². The van der Waals surface area contributed by atoms with Crippen molar-refractivity contribution in [3.8, 4) is 0 Å². The Bertz CT molecular complexity index is 902. The second kappa shape index (κ2) is 7.18. The van der Waals surface area contributed by atoms with Crippen LogP contribution in [-0.4, -0.2) is 25.4 Å². The van der Waals surface area contributed by atoms with Gasteiger partial charge in [0.2, 0.25) is 0 Å². The molecule has 0 aromatic heterocycles. The number of nitrogens with zero attached hydrogens (tertiary/aromatic N) is 1. The molecule has 0 aliphatic heterocycles. The van der Waals surface area contributed by atoms with Crippen molar-refractivity contribution in [3.63, 3.8) is 0 Å². The van der Waals surface area contributed by atoms with E-state index in [1.165, 1.54) is 30.3 Å². The fourth-order valence-electron chi connectivity index (χ4n) is 2.14. The van der Waals surface area contributed by atoms with Gasteiger partial charge in [0, 0.05) is 24.8 Å². The van der Waals surface area contributed by atoms with Crippen LogP contribution in [0, 0.1) is 10.1 Å². The van der Waals surface area contributed by atoms with Crippen molar-refractivity contribution < 1.29 is 18.1 Å². The van der Waals surface area contributed by atoms with Crippen LogP contribution in [0.15, 0.2) is 59.5 Å². The van der Waals surface area contributed by atoms with Gasteiger partial charge in [-0.2, -0.15) is 0 Å². The van der Waals surface area contributed by atoms with Crippen molar-refractivity contribution in [3.05, 3.63) is 80.7 Å². The third-order valence-corrected chi connectivity index (χ3v) is 4.41. The van der Waals surface area contributed by atoms with Gasteiger partial charge in [0.15, 0.2) is 15.6 Å². The zero-order valence-electron chi connectivity index (χ0n) is 12.9. The quantitative estimate of drug-likeness (QED) is 0.456. The van der Waals surface area contributed by atoms with Crippen LogP contribution in [0.2, 0.25) is 0 Å². The zero-order chi connectivity index (χ0) is 17.7. The fourth-order valence-corrected chi connectivity index (χ4v) is 2.98. The number of hydrogen-bond acceptors (Lipinski definition) is 5. The molecule has 2 rings (SSSR count). The molecule has 0 spiro atoms. The first-order valence-electron chi connectivity index (χ1n) is 7.01. The van der Waals surface area contributed by atoms with Gasteiger partial charge in [0.1, 0.15) is 4.91 Å². The lowest BCUT2D eigenvalue weighted by atomic mass is 10.1. The summed E-state index contributed by atoms with van der Waals surface area (Å²) in [6, 6.07) is 14.2. The number of ketones is 1. The van der Waals surface area contributed by atoms with E-state index in [0.29, 0.717) is 5.56 Å². The Balaban J connectivity index is 2.40. The van der Waals surface area contributed by atoms with Crippen LogP contribution in [0.1, 0.15) is 11.1 Å². The SMILES string of the molecule is CS(=O)(=O)C(=Cc1cccc([N+](=O)[O-])c1)C(=O)Cc1ccccc1. The number of carbonyl (C=O) groups is 1. The highest BCUT2D eigenvalue weighted by Crippen LogP contribution is 2.19. The topological polar surface area (TPSA) is 94.3 Å². The summed E-state index contributed by atoms with van der Waals surface area (Å²) in [6.07, 6.45) is 2.06. The molecule has 0 N–H and O–H groups in total. The Labute approximate surface area is 139 Å². The predicted octanol–water partition coefficient (Wildman–Crippen LogP) is 2.79. The summed E-state index contributed by atoms with van der Waals surface area (Å²) in [6.45, 7) is 0. The number of Topliss-reactive ketones (excluding diaryl/α,β-unsaturated/α-hetero) is 1. The molecular formula is C17H15NO5S. The molecule has 0 bridgehead atoms. The smallest absolute Gasteiger partial charge is 0.270 e. The molecule has 24 heavy (non-hydrogen) atoms. The van der Waals surface area contributed by atoms with Crippen LogP contribution in [0.25, 0.3) is 6.08 Å². The van der Waals surface area contributed by atoms with E-state index < -0.39 is 20.5 Å². The van der Waals surface area contributed by atoms with E-state index in [1.54, 1.807) is 30.3 Å². The average molecular weight is 345 g/mol. The summed E-state index contributed by atoms with van der Waals surface area (Å²) in [4.78, 5) is 22.3. The molecule has 0 heterocycles. The number of nitro benzene ring substituents is 1. The second-order valence-electron chi connectivity index (χ2n) is 5.22. The van der Waals surface area contributed by atoms with Crippen molar-refractivity contribution >= 4 is 27.4 Å². The van der Waals surface area contributed by atoms with Crippen LogP contribution in [0.4, 0.5) is 5.69 Å². The standard InChI is InChI=1S/C17H15NO5S/c1-24(22,23)17(16(19)11-13-6-3-2-4-7-13)12-14-8-5-9-15(10-14)18(20)21/h2-10,12H,11H2,1H3. The fraction of sp³-hybridized carbons (Fsp3) is 0.118. The molecule has 124 valence electrons. The van der Waals surface area contributed by atoms with E-state index in [2.05, 4.69) is 0 Å². The lowest BCUT2D eigenvalue weighted by molar-refractivity contribution is -0.384. The molecule has 0 saturated heterocycles. The van der Waals surface area contributed by atoms with Crippen LogP contribution >= 0.6 is 0 Å². The van der Waals surface area contributed by atoms with Gasteiger partial charge in [0.05, 0.1) is 4.92 Å². The highest BCUT2D eigenvalue weighted by atomic mass is 32.2. The number of allylic oxidation sites excluding steroid dienone is 1. The maximum atomic E-state index is 12.4. The van der Waals surface area contributed by atoms with E-state index in [-0.39, 0.29) is 22.6 Å². The molecule has 2 aromatic rings. The summed E-state index contributed by atoms with van der Waals surface area (Å²) < 4.78 is 23.9. The molecule has 0 radical (unpaired) electrons. The van der Waals surface area contributed by atoms with E-state index in [1.807, 2.05) is 0 Å². The van der Waals surface area contributed by atoms with Crippen LogP contribution in [0.3, 0.4) is 0 Å². The molecule has 0 aliphatic rings. The van der Waals surface area contributed by atoms with Gasteiger partial charge < -0.3 is 0 Å². The van der Waals surface area contributed by atoms with Crippen molar-refractivity contribution in [2.75, 3.05) is 6.26 Å². The predicted molar refractivity (Wildman–Crippen MR) is 91.1 cm³/mol. The Morgan fingerprint density at radius 2 is 1.79 bits per heavy atom. The molecule has 2 aromatic carbocycles. The van der Waals surface area contributed by atoms with E-state index in [4.69, 9.17) is 0 Å². The molecule has 0 unspecified atom stereocenters. The Kier molecular flexibility index (Phi) is 5.25. The summed E-state index contributed by atoms with van der Waals surface area (Å²) >= 11 is 0. The van der Waals surface area contributed by atoms with Gasteiger partial charge in [-0.25, -0.2) is 8.42 Å². The number of carbonyl (C=O) groups excluding carboxylic acids is 1. The van der Waals surface area contributed by atoms with Crippen molar-refractivity contribution in [1.82, 2.24) is 0 Å². The van der Waals surface area contributed by atoms with Gasteiger partial charge in [0.25, 0.3) is 5.69 Å². The van der Waals surface area contributed by atoms with Gasteiger partial charge in [-0.1, -0.05) is 42.5 Å². The normalized spacial score (nSPS) is 12.0. The number of non-ortho nitro benzene ring substituents is 1.